The van der Waals surface area contributed by atoms with Gasteiger partial charge in [-0.05, 0) is 19.3 Å². The van der Waals surface area contributed by atoms with Crippen LogP contribution >= 0.6 is 15.9 Å². The van der Waals surface area contributed by atoms with Crippen LogP contribution in [-0.2, 0) is 7.05 Å². The van der Waals surface area contributed by atoms with Gasteiger partial charge < -0.3 is 9.88 Å². The fourth-order valence-corrected chi connectivity index (χ4v) is 2.77. The van der Waals surface area contributed by atoms with Crippen molar-refractivity contribution in [2.75, 3.05) is 5.33 Å². The van der Waals surface area contributed by atoms with Crippen LogP contribution in [0.2, 0.25) is 0 Å². The third-order valence-electron chi connectivity index (χ3n) is 3.38. The molecule has 1 aliphatic carbocycles. The quantitative estimate of drug-likeness (QED) is 0.524. The molecule has 7 heteroatoms. The first-order valence-corrected chi connectivity index (χ1v) is 6.79. The minimum atomic E-state index is -0.500. The van der Waals surface area contributed by atoms with Crippen molar-refractivity contribution in [1.82, 2.24) is 9.88 Å². The molecule has 0 aliphatic heterocycles. The molecule has 0 saturated heterocycles. The predicted molar refractivity (Wildman–Crippen MR) is 69.9 cm³/mol. The Morgan fingerprint density at radius 1 is 1.67 bits per heavy atom. The van der Waals surface area contributed by atoms with Gasteiger partial charge in [-0.2, -0.15) is 0 Å². The number of carbonyl (C=O) groups is 1. The van der Waals surface area contributed by atoms with Gasteiger partial charge in [-0.3, -0.25) is 14.9 Å². The Balaban J connectivity index is 2.16. The van der Waals surface area contributed by atoms with Gasteiger partial charge in [-0.15, -0.1) is 0 Å². The van der Waals surface area contributed by atoms with Crippen LogP contribution in [0.25, 0.3) is 0 Å². The zero-order valence-corrected chi connectivity index (χ0v) is 11.6. The lowest BCUT2D eigenvalue weighted by molar-refractivity contribution is -0.384. The zero-order valence-electron chi connectivity index (χ0n) is 9.98. The average molecular weight is 316 g/mol. The van der Waals surface area contributed by atoms with Crippen LogP contribution in [0.4, 0.5) is 5.69 Å². The summed E-state index contributed by atoms with van der Waals surface area (Å²) in [5, 5.41) is 14.3. The summed E-state index contributed by atoms with van der Waals surface area (Å²) in [5.74, 6) is -0.259. The van der Waals surface area contributed by atoms with Gasteiger partial charge in [0.1, 0.15) is 5.69 Å². The molecule has 0 spiro atoms. The SMILES string of the molecule is Cn1cc([N+](=O)[O-])cc1C(=O)NC1(CBr)CCC1. The van der Waals surface area contributed by atoms with E-state index in [2.05, 4.69) is 21.2 Å². The van der Waals surface area contributed by atoms with E-state index in [1.165, 1.54) is 16.8 Å². The number of alkyl halides is 1. The number of aromatic nitrogens is 1. The van der Waals surface area contributed by atoms with Gasteiger partial charge in [0.25, 0.3) is 11.6 Å². The van der Waals surface area contributed by atoms with E-state index in [0.717, 1.165) is 19.3 Å². The molecule has 0 atom stereocenters. The molecule has 1 saturated carbocycles. The number of aryl methyl sites for hydroxylation is 1. The molecule has 1 amide bonds. The van der Waals surface area contributed by atoms with Crippen molar-refractivity contribution in [2.24, 2.45) is 7.05 Å². The number of carbonyl (C=O) groups excluding carboxylic acids is 1. The lowest BCUT2D eigenvalue weighted by atomic mass is 9.78. The Kier molecular flexibility index (Phi) is 3.43. The first-order chi connectivity index (χ1) is 8.47. The molecule has 1 heterocycles. The van der Waals surface area contributed by atoms with Crippen LogP contribution in [0, 0.1) is 10.1 Å². The minimum Gasteiger partial charge on any atom is -0.344 e. The molecular weight excluding hydrogens is 302 g/mol. The summed E-state index contributed by atoms with van der Waals surface area (Å²) in [6.07, 6.45) is 4.32. The Bertz CT molecular complexity index is 488. The third-order valence-corrected chi connectivity index (χ3v) is 4.45. The average Bonchev–Trinajstić information content (AvgIpc) is 2.66. The minimum absolute atomic E-state index is 0.0656. The fraction of sp³-hybridized carbons (Fsp3) is 0.545. The van der Waals surface area contributed by atoms with Crippen LogP contribution < -0.4 is 5.32 Å². The number of rotatable bonds is 4. The number of nitro groups is 1. The molecule has 98 valence electrons. The molecule has 2 rings (SSSR count). The summed E-state index contributed by atoms with van der Waals surface area (Å²) in [6.45, 7) is 0. The number of amides is 1. The van der Waals surface area contributed by atoms with Crippen molar-refractivity contribution < 1.29 is 9.72 Å². The molecular formula is C11H14BrN3O3. The first-order valence-electron chi connectivity index (χ1n) is 5.67. The fourth-order valence-electron chi connectivity index (χ4n) is 2.07. The summed E-state index contributed by atoms with van der Waals surface area (Å²) >= 11 is 3.40. The van der Waals surface area contributed by atoms with E-state index in [1.807, 2.05) is 0 Å². The second-order valence-corrected chi connectivity index (χ2v) is 5.23. The lowest BCUT2D eigenvalue weighted by Gasteiger charge is -2.41. The van der Waals surface area contributed by atoms with E-state index in [0.29, 0.717) is 11.0 Å². The third kappa shape index (κ3) is 2.27. The molecule has 0 bridgehead atoms. The van der Waals surface area contributed by atoms with E-state index in [4.69, 9.17) is 0 Å². The molecule has 0 unspecified atom stereocenters. The molecule has 1 N–H and O–H groups in total. The van der Waals surface area contributed by atoms with E-state index < -0.39 is 4.92 Å². The highest BCUT2D eigenvalue weighted by Gasteiger charge is 2.38. The van der Waals surface area contributed by atoms with Crippen molar-refractivity contribution in [1.29, 1.82) is 0 Å². The Labute approximate surface area is 113 Å². The molecule has 18 heavy (non-hydrogen) atoms. The van der Waals surface area contributed by atoms with E-state index in [1.54, 1.807) is 7.05 Å². The molecule has 1 aromatic heterocycles. The van der Waals surface area contributed by atoms with Crippen LogP contribution in [0.3, 0.4) is 0 Å². The van der Waals surface area contributed by atoms with Crippen LogP contribution in [-0.4, -0.2) is 26.3 Å². The smallest absolute Gasteiger partial charge is 0.287 e. The summed E-state index contributed by atoms with van der Waals surface area (Å²) < 4.78 is 1.48. The number of hydrogen-bond donors (Lipinski definition) is 1. The van der Waals surface area contributed by atoms with Gasteiger partial charge in [0.2, 0.25) is 0 Å². The molecule has 1 fully saturated rings. The Morgan fingerprint density at radius 2 is 2.33 bits per heavy atom. The summed E-state index contributed by atoms with van der Waals surface area (Å²) in [6, 6.07) is 1.30. The number of nitrogens with zero attached hydrogens (tertiary/aromatic N) is 2. The standard InChI is InChI=1S/C11H14BrN3O3/c1-14-6-8(15(17)18)5-9(14)10(16)13-11(7-12)3-2-4-11/h5-6H,2-4,7H2,1H3,(H,13,16). The molecule has 1 aliphatic rings. The Hall–Kier alpha value is -1.37. The van der Waals surface area contributed by atoms with Gasteiger partial charge in [0.05, 0.1) is 16.7 Å². The first kappa shape index (κ1) is 13.1. The van der Waals surface area contributed by atoms with Gasteiger partial charge in [-0.1, -0.05) is 15.9 Å². The van der Waals surface area contributed by atoms with Crippen molar-refractivity contribution in [3.63, 3.8) is 0 Å². The molecule has 6 nitrogen and oxygen atoms in total. The van der Waals surface area contributed by atoms with E-state index in [9.17, 15) is 14.9 Å². The monoisotopic (exact) mass is 315 g/mol. The summed E-state index contributed by atoms with van der Waals surface area (Å²) in [4.78, 5) is 22.2. The van der Waals surface area contributed by atoms with Crippen LogP contribution in [0.5, 0.6) is 0 Å². The number of nitrogens with one attached hydrogen (secondary N) is 1. The Morgan fingerprint density at radius 3 is 2.72 bits per heavy atom. The lowest BCUT2D eigenvalue weighted by Crippen LogP contribution is -2.55. The predicted octanol–water partition coefficient (Wildman–Crippen LogP) is 1.98. The highest BCUT2D eigenvalue weighted by molar-refractivity contribution is 9.09. The topological polar surface area (TPSA) is 77.2 Å². The summed E-state index contributed by atoms with van der Waals surface area (Å²) in [7, 11) is 1.63. The van der Waals surface area contributed by atoms with Gasteiger partial charge in [0, 0.05) is 18.4 Å². The second kappa shape index (κ2) is 4.72. The second-order valence-electron chi connectivity index (χ2n) is 4.67. The maximum absolute atomic E-state index is 12.1. The maximum atomic E-state index is 12.1. The van der Waals surface area contributed by atoms with Crippen LogP contribution in [0.1, 0.15) is 29.8 Å². The molecule has 0 aromatic carbocycles. The van der Waals surface area contributed by atoms with Gasteiger partial charge >= 0.3 is 0 Å². The highest BCUT2D eigenvalue weighted by Crippen LogP contribution is 2.33. The largest absolute Gasteiger partial charge is 0.344 e. The summed E-state index contributed by atoms with van der Waals surface area (Å²) in [5.41, 5.74) is 0.0638. The number of halogens is 1. The maximum Gasteiger partial charge on any atom is 0.287 e. The highest BCUT2D eigenvalue weighted by atomic mass is 79.9. The van der Waals surface area contributed by atoms with E-state index >= 15 is 0 Å². The molecule has 1 aromatic rings. The van der Waals surface area contributed by atoms with Crippen molar-refractivity contribution >= 4 is 27.5 Å². The zero-order chi connectivity index (χ0) is 13.3. The van der Waals surface area contributed by atoms with Gasteiger partial charge in [-0.25, -0.2) is 0 Å². The number of hydrogen-bond acceptors (Lipinski definition) is 3. The van der Waals surface area contributed by atoms with Crippen molar-refractivity contribution in [3.05, 3.63) is 28.1 Å². The van der Waals surface area contributed by atoms with Crippen molar-refractivity contribution in [3.8, 4) is 0 Å². The van der Waals surface area contributed by atoms with Gasteiger partial charge in [0.15, 0.2) is 0 Å². The van der Waals surface area contributed by atoms with Crippen molar-refractivity contribution in [2.45, 2.75) is 24.8 Å². The van der Waals surface area contributed by atoms with E-state index in [-0.39, 0.29) is 17.1 Å². The van der Waals surface area contributed by atoms with Crippen LogP contribution in [0.15, 0.2) is 12.3 Å². The normalized spacial score (nSPS) is 17.0. The molecule has 0 radical (unpaired) electrons.